The maximum atomic E-state index is 11.9. The summed E-state index contributed by atoms with van der Waals surface area (Å²) in [6, 6.07) is 0. The molecule has 0 aromatic rings. The van der Waals surface area contributed by atoms with Crippen LogP contribution in [0.25, 0.3) is 0 Å². The van der Waals surface area contributed by atoms with E-state index in [2.05, 4.69) is 5.32 Å². The lowest BCUT2D eigenvalue weighted by Crippen LogP contribution is -2.53. The van der Waals surface area contributed by atoms with Crippen molar-refractivity contribution in [2.45, 2.75) is 6.18 Å². The zero-order valence-electron chi connectivity index (χ0n) is 11.2. The van der Waals surface area contributed by atoms with Crippen LogP contribution in [0.15, 0.2) is 0 Å². The summed E-state index contributed by atoms with van der Waals surface area (Å²) in [6.45, 7) is -0.179. The second kappa shape index (κ2) is 7.44. The zero-order valence-corrected chi connectivity index (χ0v) is 11.2. The van der Waals surface area contributed by atoms with E-state index < -0.39 is 18.6 Å². The molecule has 6 nitrogen and oxygen atoms in total. The average molecular weight is 297 g/mol. The van der Waals surface area contributed by atoms with Gasteiger partial charge in [0.1, 0.15) is 6.61 Å². The van der Waals surface area contributed by atoms with Crippen molar-refractivity contribution in [1.29, 1.82) is 0 Å². The molecule has 1 rings (SSSR count). The van der Waals surface area contributed by atoms with Crippen LogP contribution in [0.5, 0.6) is 0 Å². The number of halogens is 3. The van der Waals surface area contributed by atoms with Crippen molar-refractivity contribution in [1.82, 2.24) is 15.1 Å². The van der Waals surface area contributed by atoms with Gasteiger partial charge in [0.15, 0.2) is 0 Å². The smallest absolute Gasteiger partial charge is 0.375 e. The Balaban J connectivity index is 2.27. The van der Waals surface area contributed by atoms with Gasteiger partial charge in [-0.25, -0.2) is 0 Å². The quantitative estimate of drug-likeness (QED) is 0.740. The number of nitrogens with one attached hydrogen (secondary N) is 1. The molecule has 0 spiro atoms. The molecule has 1 fully saturated rings. The molecule has 0 saturated carbocycles. The molecule has 9 heteroatoms. The molecule has 1 N–H and O–H groups in total. The number of hydrogen-bond donors (Lipinski definition) is 1. The van der Waals surface area contributed by atoms with E-state index in [1.165, 1.54) is 12.0 Å². The van der Waals surface area contributed by atoms with E-state index in [-0.39, 0.29) is 19.1 Å². The number of carbonyl (C=O) groups is 2. The number of amides is 2. The van der Waals surface area contributed by atoms with Crippen molar-refractivity contribution in [2.75, 3.05) is 53.0 Å². The summed E-state index contributed by atoms with van der Waals surface area (Å²) < 4.78 is 40.5. The highest BCUT2D eigenvalue weighted by molar-refractivity contribution is 5.80. The van der Waals surface area contributed by atoms with Gasteiger partial charge < -0.3 is 19.9 Å². The minimum atomic E-state index is -4.33. The predicted octanol–water partition coefficient (Wildman–Crippen LogP) is -0.544. The van der Waals surface area contributed by atoms with Crippen LogP contribution < -0.4 is 5.32 Å². The van der Waals surface area contributed by atoms with Gasteiger partial charge in [-0.3, -0.25) is 9.59 Å². The van der Waals surface area contributed by atoms with Gasteiger partial charge >= 0.3 is 6.18 Å². The van der Waals surface area contributed by atoms with Crippen LogP contribution in [0, 0.1) is 0 Å². The molecule has 0 aromatic heterocycles. The van der Waals surface area contributed by atoms with Crippen LogP contribution in [-0.4, -0.2) is 80.8 Å². The number of hydrogen-bond acceptors (Lipinski definition) is 4. The van der Waals surface area contributed by atoms with Crippen molar-refractivity contribution in [2.24, 2.45) is 0 Å². The number of alkyl halides is 3. The van der Waals surface area contributed by atoms with E-state index in [4.69, 9.17) is 4.74 Å². The second-order valence-electron chi connectivity index (χ2n) is 4.41. The van der Waals surface area contributed by atoms with Crippen molar-refractivity contribution < 1.29 is 27.5 Å². The molecule has 0 radical (unpaired) electrons. The number of carbonyl (C=O) groups excluding carboxylic acids is 2. The monoisotopic (exact) mass is 297 g/mol. The van der Waals surface area contributed by atoms with Crippen LogP contribution in [0.1, 0.15) is 0 Å². The standard InChI is InChI=1S/C11H18F3N3O3/c1-20-7-10(19)17-4-2-16(3-5-17)9(18)6-15-8-11(12,13)14/h15H,2-8H2,1H3. The summed E-state index contributed by atoms with van der Waals surface area (Å²) in [5.41, 5.74) is 0. The summed E-state index contributed by atoms with van der Waals surface area (Å²) in [5, 5.41) is 2.06. The fourth-order valence-electron chi connectivity index (χ4n) is 1.84. The van der Waals surface area contributed by atoms with Crippen molar-refractivity contribution >= 4 is 11.8 Å². The minimum Gasteiger partial charge on any atom is -0.375 e. The number of ether oxygens (including phenoxy) is 1. The van der Waals surface area contributed by atoms with Gasteiger partial charge in [-0.2, -0.15) is 13.2 Å². The van der Waals surface area contributed by atoms with Gasteiger partial charge in [-0.05, 0) is 0 Å². The molecule has 0 unspecified atom stereocenters. The number of piperazine rings is 1. The van der Waals surface area contributed by atoms with Gasteiger partial charge in [0.05, 0.1) is 13.1 Å². The topological polar surface area (TPSA) is 61.9 Å². The van der Waals surface area contributed by atoms with Gasteiger partial charge in [0.25, 0.3) is 0 Å². The Morgan fingerprint density at radius 1 is 1.10 bits per heavy atom. The van der Waals surface area contributed by atoms with Crippen LogP contribution in [0.4, 0.5) is 13.2 Å². The first-order valence-corrected chi connectivity index (χ1v) is 6.15. The van der Waals surface area contributed by atoms with Crippen LogP contribution in [-0.2, 0) is 14.3 Å². The SMILES string of the molecule is COCC(=O)N1CCN(C(=O)CNCC(F)(F)F)CC1. The Labute approximate surface area is 114 Å². The fourth-order valence-corrected chi connectivity index (χ4v) is 1.84. The largest absolute Gasteiger partial charge is 0.401 e. The number of methoxy groups -OCH3 is 1. The van der Waals surface area contributed by atoms with Gasteiger partial charge in [-0.1, -0.05) is 0 Å². The van der Waals surface area contributed by atoms with Crippen LogP contribution in [0.3, 0.4) is 0 Å². The first kappa shape index (κ1) is 16.7. The van der Waals surface area contributed by atoms with Gasteiger partial charge in [0, 0.05) is 33.3 Å². The second-order valence-corrected chi connectivity index (χ2v) is 4.41. The Kier molecular flexibility index (Phi) is 6.21. The lowest BCUT2D eigenvalue weighted by molar-refractivity contribution is -0.142. The van der Waals surface area contributed by atoms with E-state index in [0.717, 1.165) is 0 Å². The van der Waals surface area contributed by atoms with Crippen LogP contribution >= 0.6 is 0 Å². The summed E-state index contributed by atoms with van der Waals surface area (Å²) in [5.74, 6) is -0.553. The first-order chi connectivity index (χ1) is 9.33. The molecule has 2 amide bonds. The molecule has 20 heavy (non-hydrogen) atoms. The third-order valence-corrected chi connectivity index (χ3v) is 2.85. The molecule has 0 bridgehead atoms. The highest BCUT2D eigenvalue weighted by atomic mass is 19.4. The summed E-state index contributed by atoms with van der Waals surface area (Å²) >= 11 is 0. The first-order valence-electron chi connectivity index (χ1n) is 6.15. The predicted molar refractivity (Wildman–Crippen MR) is 64.0 cm³/mol. The van der Waals surface area contributed by atoms with E-state index in [1.54, 1.807) is 4.90 Å². The van der Waals surface area contributed by atoms with Gasteiger partial charge in [0.2, 0.25) is 11.8 Å². The third-order valence-electron chi connectivity index (χ3n) is 2.85. The molecular formula is C11H18F3N3O3. The maximum absolute atomic E-state index is 11.9. The number of nitrogens with zero attached hydrogens (tertiary/aromatic N) is 2. The summed E-state index contributed by atoms with van der Waals surface area (Å²) in [6.07, 6.45) is -4.33. The Bertz CT molecular complexity index is 342. The van der Waals surface area contributed by atoms with Crippen molar-refractivity contribution in [3.8, 4) is 0 Å². The molecule has 0 atom stereocenters. The van der Waals surface area contributed by atoms with Crippen LogP contribution in [0.2, 0.25) is 0 Å². The third kappa shape index (κ3) is 5.74. The Morgan fingerprint density at radius 2 is 1.60 bits per heavy atom. The minimum absolute atomic E-state index is 0.0128. The zero-order chi connectivity index (χ0) is 15.2. The molecule has 0 aromatic carbocycles. The van der Waals surface area contributed by atoms with E-state index in [0.29, 0.717) is 26.2 Å². The maximum Gasteiger partial charge on any atom is 0.401 e. The summed E-state index contributed by atoms with van der Waals surface area (Å²) in [7, 11) is 1.42. The fraction of sp³-hybridized carbons (Fsp3) is 0.818. The Hall–Kier alpha value is -1.35. The molecule has 1 aliphatic rings. The lowest BCUT2D eigenvalue weighted by Gasteiger charge is -2.34. The van der Waals surface area contributed by atoms with Gasteiger partial charge in [-0.15, -0.1) is 0 Å². The van der Waals surface area contributed by atoms with E-state index in [9.17, 15) is 22.8 Å². The molecule has 1 heterocycles. The molecule has 0 aliphatic carbocycles. The van der Waals surface area contributed by atoms with E-state index >= 15 is 0 Å². The highest BCUT2D eigenvalue weighted by Crippen LogP contribution is 2.12. The van der Waals surface area contributed by atoms with Crippen molar-refractivity contribution in [3.63, 3.8) is 0 Å². The van der Waals surface area contributed by atoms with E-state index in [1.807, 2.05) is 0 Å². The normalized spacial score (nSPS) is 16.4. The number of rotatable bonds is 5. The summed E-state index contributed by atoms with van der Waals surface area (Å²) in [4.78, 5) is 26.2. The Morgan fingerprint density at radius 3 is 2.05 bits per heavy atom. The molecule has 116 valence electrons. The molecular weight excluding hydrogens is 279 g/mol. The average Bonchev–Trinajstić information content (AvgIpc) is 2.37. The molecule has 1 aliphatic heterocycles. The highest BCUT2D eigenvalue weighted by Gasteiger charge is 2.28. The molecule has 1 saturated heterocycles. The lowest BCUT2D eigenvalue weighted by atomic mass is 10.3. The van der Waals surface area contributed by atoms with Crippen molar-refractivity contribution in [3.05, 3.63) is 0 Å².